The summed E-state index contributed by atoms with van der Waals surface area (Å²) in [5.41, 5.74) is 1.54. The Morgan fingerprint density at radius 1 is 1.41 bits per heavy atom. The summed E-state index contributed by atoms with van der Waals surface area (Å²) in [6.45, 7) is 2.97. The minimum atomic E-state index is 0.0712. The van der Waals surface area contributed by atoms with E-state index in [1.54, 1.807) is 18.0 Å². The van der Waals surface area contributed by atoms with Crippen molar-refractivity contribution in [3.63, 3.8) is 0 Å². The molecule has 0 bridgehead atoms. The summed E-state index contributed by atoms with van der Waals surface area (Å²) in [5, 5.41) is 9.80. The monoisotopic (exact) mass is 251 g/mol. The fraction of sp³-hybridized carbons (Fsp3) is 0.500. The van der Waals surface area contributed by atoms with Gasteiger partial charge in [0.15, 0.2) is 5.65 Å². The van der Waals surface area contributed by atoms with Crippen LogP contribution in [0.5, 0.6) is 6.01 Å². The second kappa shape index (κ2) is 5.40. The fourth-order valence-corrected chi connectivity index (χ4v) is 2.21. The topological polar surface area (TPSA) is 50.9 Å². The third kappa shape index (κ3) is 2.54. The van der Waals surface area contributed by atoms with Crippen LogP contribution in [0.1, 0.15) is 26.2 Å². The van der Waals surface area contributed by atoms with Gasteiger partial charge >= 0.3 is 0 Å². The van der Waals surface area contributed by atoms with E-state index in [1.165, 1.54) is 6.42 Å². The van der Waals surface area contributed by atoms with Crippen LogP contribution in [-0.2, 0) is 6.54 Å². The zero-order chi connectivity index (χ0) is 12.3. The number of fused-ring (bicyclic) bond motifs is 1. The van der Waals surface area contributed by atoms with Crippen molar-refractivity contribution in [2.24, 2.45) is 0 Å². The Balaban J connectivity index is 2.34. The largest absolute Gasteiger partial charge is 0.480 e. The van der Waals surface area contributed by atoms with E-state index in [0.717, 1.165) is 29.8 Å². The molecule has 1 N–H and O–H groups in total. The molecule has 0 unspecified atom stereocenters. The number of nitrogens with zero attached hydrogens (tertiary/aromatic N) is 3. The summed E-state index contributed by atoms with van der Waals surface area (Å²) in [6.07, 6.45) is 7.19. The maximum atomic E-state index is 9.80. The molecule has 0 aliphatic heterocycles. The van der Waals surface area contributed by atoms with E-state index in [2.05, 4.69) is 16.9 Å². The van der Waals surface area contributed by atoms with Crippen LogP contribution in [0.4, 0.5) is 0 Å². The molecule has 0 aliphatic rings. The predicted molar refractivity (Wildman–Crippen MR) is 70.5 cm³/mol. The minimum Gasteiger partial charge on any atom is -0.480 e. The van der Waals surface area contributed by atoms with Gasteiger partial charge in [-0.25, -0.2) is 4.98 Å². The molecule has 2 aromatic rings. The molecule has 92 valence electrons. The Hall–Kier alpha value is -1.23. The molecule has 2 rings (SSSR count). The molecular formula is C12H17N3OS. The maximum absolute atomic E-state index is 9.80. The molecule has 2 aromatic heterocycles. The van der Waals surface area contributed by atoms with Crippen molar-refractivity contribution >= 4 is 22.9 Å². The summed E-state index contributed by atoms with van der Waals surface area (Å²) in [5.74, 6) is 0. The van der Waals surface area contributed by atoms with E-state index < -0.39 is 0 Å². The zero-order valence-electron chi connectivity index (χ0n) is 10.2. The van der Waals surface area contributed by atoms with Gasteiger partial charge in [0, 0.05) is 17.6 Å². The maximum Gasteiger partial charge on any atom is 0.296 e. The quantitative estimate of drug-likeness (QED) is 0.655. The lowest BCUT2D eigenvalue weighted by molar-refractivity contribution is 0.397. The molecular weight excluding hydrogens is 234 g/mol. The lowest BCUT2D eigenvalue weighted by Crippen LogP contribution is -1.97. The first kappa shape index (κ1) is 12.2. The Morgan fingerprint density at radius 3 is 2.94 bits per heavy atom. The van der Waals surface area contributed by atoms with Crippen LogP contribution >= 0.6 is 11.8 Å². The molecule has 0 aliphatic carbocycles. The SMILES string of the molecule is CCCCCn1c(O)nc2ncc(SC)cc21. The van der Waals surface area contributed by atoms with Gasteiger partial charge in [-0.3, -0.25) is 4.57 Å². The average molecular weight is 251 g/mol. The van der Waals surface area contributed by atoms with Gasteiger partial charge in [0.05, 0.1) is 5.52 Å². The summed E-state index contributed by atoms with van der Waals surface area (Å²) in [7, 11) is 0. The van der Waals surface area contributed by atoms with Crippen LogP contribution < -0.4 is 0 Å². The van der Waals surface area contributed by atoms with E-state index in [9.17, 15) is 5.11 Å². The number of aromatic hydroxyl groups is 1. The van der Waals surface area contributed by atoms with Crippen molar-refractivity contribution in [1.29, 1.82) is 0 Å². The smallest absolute Gasteiger partial charge is 0.296 e. The van der Waals surface area contributed by atoms with Gasteiger partial charge in [-0.05, 0) is 18.7 Å². The normalized spacial score (nSPS) is 11.2. The number of hydrogen-bond donors (Lipinski definition) is 1. The molecule has 5 heteroatoms. The van der Waals surface area contributed by atoms with Crippen LogP contribution in [-0.4, -0.2) is 25.9 Å². The molecule has 0 fully saturated rings. The van der Waals surface area contributed by atoms with Crippen LogP contribution in [0.2, 0.25) is 0 Å². The lowest BCUT2D eigenvalue weighted by atomic mass is 10.2. The Labute approximate surface area is 105 Å². The van der Waals surface area contributed by atoms with Gasteiger partial charge < -0.3 is 5.11 Å². The standard InChI is InChI=1S/C12H17N3OS/c1-3-4-5-6-15-10-7-9(17-2)8-13-11(10)14-12(15)16/h7-8H,3-6H2,1-2H3,(H,13,14,16). The van der Waals surface area contributed by atoms with Crippen molar-refractivity contribution in [2.45, 2.75) is 37.6 Å². The highest BCUT2D eigenvalue weighted by molar-refractivity contribution is 7.98. The highest BCUT2D eigenvalue weighted by atomic mass is 32.2. The number of aromatic nitrogens is 3. The van der Waals surface area contributed by atoms with Gasteiger partial charge in [-0.1, -0.05) is 19.8 Å². The number of rotatable bonds is 5. The Morgan fingerprint density at radius 2 is 2.24 bits per heavy atom. The first-order chi connectivity index (χ1) is 8.26. The van der Waals surface area contributed by atoms with E-state index in [4.69, 9.17) is 0 Å². The van der Waals surface area contributed by atoms with Crippen LogP contribution in [0.3, 0.4) is 0 Å². The zero-order valence-corrected chi connectivity index (χ0v) is 11.0. The number of aryl methyl sites for hydroxylation is 1. The molecule has 0 amide bonds. The Bertz CT molecular complexity index is 510. The molecule has 2 heterocycles. The Kier molecular flexibility index (Phi) is 3.89. The van der Waals surface area contributed by atoms with Gasteiger partial charge in [0.25, 0.3) is 6.01 Å². The highest BCUT2D eigenvalue weighted by Crippen LogP contribution is 2.23. The van der Waals surface area contributed by atoms with Gasteiger partial charge in [0.1, 0.15) is 0 Å². The first-order valence-electron chi connectivity index (χ1n) is 5.85. The van der Waals surface area contributed by atoms with E-state index >= 15 is 0 Å². The molecule has 0 spiro atoms. The van der Waals surface area contributed by atoms with Crippen molar-refractivity contribution < 1.29 is 5.11 Å². The summed E-state index contributed by atoms with van der Waals surface area (Å²) in [4.78, 5) is 9.41. The lowest BCUT2D eigenvalue weighted by Gasteiger charge is -2.04. The van der Waals surface area contributed by atoms with Gasteiger partial charge in [0.2, 0.25) is 0 Å². The fourth-order valence-electron chi connectivity index (χ4n) is 1.83. The second-order valence-electron chi connectivity index (χ2n) is 3.99. The third-order valence-electron chi connectivity index (χ3n) is 2.78. The molecule has 0 atom stereocenters. The van der Waals surface area contributed by atoms with Crippen LogP contribution in [0, 0.1) is 0 Å². The molecule has 0 radical (unpaired) electrons. The van der Waals surface area contributed by atoms with Crippen molar-refractivity contribution in [3.05, 3.63) is 12.3 Å². The first-order valence-corrected chi connectivity index (χ1v) is 7.08. The van der Waals surface area contributed by atoms with Crippen molar-refractivity contribution in [2.75, 3.05) is 6.26 Å². The summed E-state index contributed by atoms with van der Waals surface area (Å²) < 4.78 is 1.84. The highest BCUT2D eigenvalue weighted by Gasteiger charge is 2.10. The summed E-state index contributed by atoms with van der Waals surface area (Å²) >= 11 is 1.64. The summed E-state index contributed by atoms with van der Waals surface area (Å²) in [6, 6.07) is 2.10. The molecule has 0 aromatic carbocycles. The van der Waals surface area contributed by atoms with Gasteiger partial charge in [-0.2, -0.15) is 4.98 Å². The van der Waals surface area contributed by atoms with Crippen LogP contribution in [0.15, 0.2) is 17.2 Å². The molecule has 0 saturated carbocycles. The van der Waals surface area contributed by atoms with E-state index in [1.807, 2.05) is 16.9 Å². The third-order valence-corrected chi connectivity index (χ3v) is 3.48. The van der Waals surface area contributed by atoms with Crippen LogP contribution in [0.25, 0.3) is 11.2 Å². The number of unbranched alkanes of at least 4 members (excludes halogenated alkanes) is 2. The number of imidazole rings is 1. The van der Waals surface area contributed by atoms with Crippen molar-refractivity contribution in [3.8, 4) is 6.01 Å². The van der Waals surface area contributed by atoms with E-state index in [-0.39, 0.29) is 6.01 Å². The predicted octanol–water partition coefficient (Wildman–Crippen LogP) is 3.05. The number of hydrogen-bond acceptors (Lipinski definition) is 4. The van der Waals surface area contributed by atoms with Crippen molar-refractivity contribution in [1.82, 2.24) is 14.5 Å². The average Bonchev–Trinajstić information content (AvgIpc) is 2.65. The molecule has 0 saturated heterocycles. The molecule has 4 nitrogen and oxygen atoms in total. The minimum absolute atomic E-state index is 0.0712. The van der Waals surface area contributed by atoms with Gasteiger partial charge in [-0.15, -0.1) is 11.8 Å². The molecule has 17 heavy (non-hydrogen) atoms. The number of thioether (sulfide) groups is 1. The second-order valence-corrected chi connectivity index (χ2v) is 4.87. The number of pyridine rings is 1. The van der Waals surface area contributed by atoms with E-state index in [0.29, 0.717) is 5.65 Å².